The summed E-state index contributed by atoms with van der Waals surface area (Å²) >= 11 is 0. The summed E-state index contributed by atoms with van der Waals surface area (Å²) in [5.74, 6) is -0.237. The summed E-state index contributed by atoms with van der Waals surface area (Å²) in [7, 11) is 0. The summed E-state index contributed by atoms with van der Waals surface area (Å²) in [6.07, 6.45) is 8.39. The Balaban J connectivity index is 1.35. The van der Waals surface area contributed by atoms with Gasteiger partial charge in [0.15, 0.2) is 0 Å². The first-order valence-corrected chi connectivity index (χ1v) is 9.84. The van der Waals surface area contributed by atoms with Crippen LogP contribution in [0, 0.1) is 23.7 Å². The lowest BCUT2D eigenvalue weighted by atomic mass is 9.85. The van der Waals surface area contributed by atoms with Gasteiger partial charge in [0.2, 0.25) is 17.7 Å². The van der Waals surface area contributed by atoms with Crippen LogP contribution in [-0.4, -0.2) is 48.9 Å². The number of carbonyl (C=O) groups excluding carboxylic acids is 3. The van der Waals surface area contributed by atoms with Gasteiger partial charge >= 0.3 is 0 Å². The molecule has 2 heterocycles. The standard InChI is InChI=1S/C22H22N2O4/c25-18(23-8-10-28-11-9-23)7-4-14-2-1-3-17(12-14)24-21(26)19-15-5-6-16(13-15)20(19)22(24)27/h1-7,12,15-16,19-20H,8-11,13H2/b7-4-/t15-,16+,19-,20-/m0/s1. The van der Waals surface area contributed by atoms with Gasteiger partial charge < -0.3 is 9.64 Å². The number of benzene rings is 1. The number of allylic oxidation sites excluding steroid dienone is 2. The average Bonchev–Trinajstić information content (AvgIpc) is 3.41. The monoisotopic (exact) mass is 378 g/mol. The fourth-order valence-corrected chi connectivity index (χ4v) is 4.98. The lowest BCUT2D eigenvalue weighted by Crippen LogP contribution is -2.39. The third-order valence-electron chi connectivity index (χ3n) is 6.34. The number of nitrogens with zero attached hydrogens (tertiary/aromatic N) is 2. The third-order valence-corrected chi connectivity index (χ3v) is 6.34. The molecule has 1 aromatic rings. The second-order valence-electron chi connectivity index (χ2n) is 7.88. The molecule has 0 aromatic heterocycles. The molecule has 6 heteroatoms. The van der Waals surface area contributed by atoms with E-state index in [0.29, 0.717) is 32.0 Å². The molecule has 144 valence electrons. The third kappa shape index (κ3) is 2.71. The molecule has 3 amide bonds. The van der Waals surface area contributed by atoms with Crippen molar-refractivity contribution in [2.45, 2.75) is 6.42 Å². The molecule has 5 rings (SSSR count). The lowest BCUT2D eigenvalue weighted by molar-refractivity contribution is -0.130. The van der Waals surface area contributed by atoms with Crippen LogP contribution in [0.1, 0.15) is 12.0 Å². The lowest BCUT2D eigenvalue weighted by Gasteiger charge is -2.25. The molecule has 0 radical (unpaired) electrons. The summed E-state index contributed by atoms with van der Waals surface area (Å²) in [6.45, 7) is 2.32. The number of morpholine rings is 1. The van der Waals surface area contributed by atoms with Crippen molar-refractivity contribution in [1.82, 2.24) is 4.90 Å². The van der Waals surface area contributed by atoms with Crippen molar-refractivity contribution in [3.8, 4) is 0 Å². The van der Waals surface area contributed by atoms with Crippen LogP contribution in [0.5, 0.6) is 0 Å². The van der Waals surface area contributed by atoms with Crippen LogP contribution < -0.4 is 4.90 Å². The van der Waals surface area contributed by atoms with Crippen LogP contribution in [0.25, 0.3) is 6.08 Å². The topological polar surface area (TPSA) is 66.9 Å². The Labute approximate surface area is 163 Å². The molecule has 4 atom stereocenters. The van der Waals surface area contributed by atoms with Crippen molar-refractivity contribution in [3.05, 3.63) is 48.1 Å². The summed E-state index contributed by atoms with van der Waals surface area (Å²) in [5, 5.41) is 0. The molecule has 1 saturated carbocycles. The number of hydrogen-bond acceptors (Lipinski definition) is 4. The van der Waals surface area contributed by atoms with Gasteiger partial charge in [-0.25, -0.2) is 4.90 Å². The van der Waals surface area contributed by atoms with Gasteiger partial charge in [-0.3, -0.25) is 14.4 Å². The first-order valence-electron chi connectivity index (χ1n) is 9.84. The zero-order chi connectivity index (χ0) is 19.3. The summed E-state index contributed by atoms with van der Waals surface area (Å²) in [4.78, 5) is 41.3. The molecule has 0 unspecified atom stereocenters. The van der Waals surface area contributed by atoms with E-state index in [4.69, 9.17) is 4.74 Å². The quantitative estimate of drug-likeness (QED) is 0.458. The smallest absolute Gasteiger partial charge is 0.246 e. The highest BCUT2D eigenvalue weighted by Gasteiger charge is 2.59. The van der Waals surface area contributed by atoms with Crippen LogP contribution >= 0.6 is 0 Å². The first-order chi connectivity index (χ1) is 13.6. The first kappa shape index (κ1) is 17.4. The van der Waals surface area contributed by atoms with E-state index in [-0.39, 0.29) is 41.4 Å². The summed E-state index contributed by atoms with van der Waals surface area (Å²) in [5.41, 5.74) is 1.38. The number of hydrogen-bond donors (Lipinski definition) is 0. The van der Waals surface area contributed by atoms with E-state index in [1.54, 1.807) is 23.1 Å². The molecule has 2 aliphatic carbocycles. The maximum atomic E-state index is 13.0. The molecule has 3 fully saturated rings. The Bertz CT molecular complexity index is 870. The van der Waals surface area contributed by atoms with Crippen molar-refractivity contribution in [1.29, 1.82) is 0 Å². The van der Waals surface area contributed by atoms with Crippen LogP contribution in [0.4, 0.5) is 5.69 Å². The van der Waals surface area contributed by atoms with Gasteiger partial charge in [-0.15, -0.1) is 0 Å². The molecule has 28 heavy (non-hydrogen) atoms. The van der Waals surface area contributed by atoms with Crippen molar-refractivity contribution in [3.63, 3.8) is 0 Å². The Morgan fingerprint density at radius 2 is 1.71 bits per heavy atom. The van der Waals surface area contributed by atoms with Gasteiger partial charge in [0.25, 0.3) is 0 Å². The fourth-order valence-electron chi connectivity index (χ4n) is 4.98. The maximum Gasteiger partial charge on any atom is 0.246 e. The van der Waals surface area contributed by atoms with Crippen molar-refractivity contribution >= 4 is 29.5 Å². The molecule has 2 bridgehead atoms. The molecule has 2 saturated heterocycles. The molecule has 0 spiro atoms. The molecular formula is C22H22N2O4. The minimum Gasteiger partial charge on any atom is -0.378 e. The number of ether oxygens (including phenoxy) is 1. The second-order valence-corrected chi connectivity index (χ2v) is 7.88. The average molecular weight is 378 g/mol. The largest absolute Gasteiger partial charge is 0.378 e. The number of amides is 3. The van der Waals surface area contributed by atoms with Crippen molar-refractivity contribution in [2.24, 2.45) is 23.7 Å². The Kier molecular flexibility index (Phi) is 4.16. The van der Waals surface area contributed by atoms with E-state index in [0.717, 1.165) is 12.0 Å². The predicted octanol–water partition coefficient (Wildman–Crippen LogP) is 1.87. The second kappa shape index (κ2) is 6.71. The van der Waals surface area contributed by atoms with E-state index < -0.39 is 0 Å². The van der Waals surface area contributed by atoms with Gasteiger partial charge in [0, 0.05) is 19.2 Å². The van der Waals surface area contributed by atoms with Crippen LogP contribution in [-0.2, 0) is 19.1 Å². The highest BCUT2D eigenvalue weighted by molar-refractivity contribution is 6.22. The Hall–Kier alpha value is -2.73. The van der Waals surface area contributed by atoms with Gasteiger partial charge in [-0.2, -0.15) is 0 Å². The highest BCUT2D eigenvalue weighted by Crippen LogP contribution is 2.53. The van der Waals surface area contributed by atoms with E-state index in [2.05, 4.69) is 12.2 Å². The summed E-state index contributed by atoms with van der Waals surface area (Å²) < 4.78 is 5.26. The van der Waals surface area contributed by atoms with Gasteiger partial charge in [-0.05, 0) is 42.0 Å². The van der Waals surface area contributed by atoms with Gasteiger partial charge in [-0.1, -0.05) is 24.3 Å². The van der Waals surface area contributed by atoms with E-state index in [1.807, 2.05) is 12.1 Å². The minimum atomic E-state index is -0.204. The van der Waals surface area contributed by atoms with E-state index >= 15 is 0 Å². The highest BCUT2D eigenvalue weighted by atomic mass is 16.5. The van der Waals surface area contributed by atoms with E-state index in [1.165, 1.54) is 11.0 Å². The van der Waals surface area contributed by atoms with Crippen LogP contribution in [0.2, 0.25) is 0 Å². The van der Waals surface area contributed by atoms with Gasteiger partial charge in [0.1, 0.15) is 0 Å². The van der Waals surface area contributed by atoms with Crippen molar-refractivity contribution < 1.29 is 19.1 Å². The molecular weight excluding hydrogens is 356 g/mol. The number of carbonyl (C=O) groups is 3. The van der Waals surface area contributed by atoms with Gasteiger partial charge in [0.05, 0.1) is 30.7 Å². The van der Waals surface area contributed by atoms with Crippen LogP contribution in [0.15, 0.2) is 42.5 Å². The molecule has 6 nitrogen and oxygen atoms in total. The fraction of sp³-hybridized carbons (Fsp3) is 0.409. The number of imide groups is 1. The zero-order valence-electron chi connectivity index (χ0n) is 15.5. The predicted molar refractivity (Wildman–Crippen MR) is 103 cm³/mol. The number of rotatable bonds is 3. The molecule has 2 aliphatic heterocycles. The van der Waals surface area contributed by atoms with Crippen molar-refractivity contribution in [2.75, 3.05) is 31.2 Å². The number of fused-ring (bicyclic) bond motifs is 5. The minimum absolute atomic E-state index is 0.0563. The molecule has 1 aromatic carbocycles. The van der Waals surface area contributed by atoms with Crippen LogP contribution in [0.3, 0.4) is 0 Å². The SMILES string of the molecule is O=C(/C=C\c1cccc(N2C(=O)[C@@H]3[C@@H](C2=O)[C@H]2C=C[C@@H]3C2)c1)N1CCOCC1. The van der Waals surface area contributed by atoms with E-state index in [9.17, 15) is 14.4 Å². The molecule has 4 aliphatic rings. The Morgan fingerprint density at radius 1 is 1.04 bits per heavy atom. The maximum absolute atomic E-state index is 13.0. The number of anilines is 1. The normalized spacial score (nSPS) is 31.3. The Morgan fingerprint density at radius 3 is 2.39 bits per heavy atom. The molecule has 0 N–H and O–H groups in total. The summed E-state index contributed by atoms with van der Waals surface area (Å²) in [6, 6.07) is 7.27. The zero-order valence-corrected chi connectivity index (χ0v) is 15.5.